The Balaban J connectivity index is 1.44. The molecule has 4 heterocycles. The van der Waals surface area contributed by atoms with Crippen LogP contribution in [0, 0.1) is 0 Å². The molecule has 0 radical (unpaired) electrons. The van der Waals surface area contributed by atoms with Crippen molar-refractivity contribution >= 4 is 22.8 Å². The Kier molecular flexibility index (Phi) is 4.11. The minimum atomic E-state index is 0.176. The van der Waals surface area contributed by atoms with Crippen LogP contribution in [-0.2, 0) is 11.3 Å². The van der Waals surface area contributed by atoms with Gasteiger partial charge in [0.05, 0.1) is 6.54 Å². The first-order valence-corrected chi connectivity index (χ1v) is 9.18. The Labute approximate surface area is 140 Å². The average molecular weight is 331 g/mol. The predicted molar refractivity (Wildman–Crippen MR) is 90.9 cm³/mol. The number of amidine groups is 1. The lowest BCUT2D eigenvalue weighted by atomic mass is 9.99. The summed E-state index contributed by atoms with van der Waals surface area (Å²) in [5.74, 6) is 0.176. The van der Waals surface area contributed by atoms with Crippen molar-refractivity contribution in [1.29, 1.82) is 0 Å². The summed E-state index contributed by atoms with van der Waals surface area (Å²) >= 11 is 1.58. The van der Waals surface area contributed by atoms with E-state index in [0.717, 1.165) is 56.3 Å². The van der Waals surface area contributed by atoms with Gasteiger partial charge >= 0.3 is 0 Å². The minimum Gasteiger partial charge on any atom is -0.334 e. The Bertz CT molecular complexity index is 639. The number of rotatable bonds is 4. The lowest BCUT2D eigenvalue weighted by Crippen LogP contribution is -2.46. The molecule has 0 spiro atoms. The maximum Gasteiger partial charge on any atom is 0.271 e. The molecular formula is C16H21N5OS. The van der Waals surface area contributed by atoms with Gasteiger partial charge in [0.25, 0.3) is 5.91 Å². The fourth-order valence-corrected chi connectivity index (χ4v) is 4.45. The van der Waals surface area contributed by atoms with Crippen LogP contribution in [0.15, 0.2) is 34.6 Å². The summed E-state index contributed by atoms with van der Waals surface area (Å²) in [5, 5.41) is 7.22. The van der Waals surface area contributed by atoms with Gasteiger partial charge in [-0.1, -0.05) is 11.8 Å². The summed E-state index contributed by atoms with van der Waals surface area (Å²) in [6.45, 7) is 3.37. The van der Waals surface area contributed by atoms with Crippen molar-refractivity contribution in [3.63, 3.8) is 0 Å². The summed E-state index contributed by atoms with van der Waals surface area (Å²) in [7, 11) is 0. The topological polar surface area (TPSA) is 53.7 Å². The first-order valence-electron chi connectivity index (χ1n) is 8.30. The van der Waals surface area contributed by atoms with Crippen molar-refractivity contribution in [2.24, 2.45) is 4.99 Å². The molecule has 0 saturated carbocycles. The largest absolute Gasteiger partial charge is 0.334 e. The third-order valence-electron chi connectivity index (χ3n) is 4.73. The quantitative estimate of drug-likeness (QED) is 0.846. The van der Waals surface area contributed by atoms with Gasteiger partial charge in [0.15, 0.2) is 5.17 Å². The molecule has 1 atom stereocenters. The van der Waals surface area contributed by atoms with Gasteiger partial charge in [0.2, 0.25) is 0 Å². The number of thioether (sulfide) groups is 1. The van der Waals surface area contributed by atoms with E-state index in [0.29, 0.717) is 6.04 Å². The van der Waals surface area contributed by atoms with Gasteiger partial charge in [-0.2, -0.15) is 5.10 Å². The summed E-state index contributed by atoms with van der Waals surface area (Å²) in [5.41, 5.74) is 0.817. The normalized spacial score (nSPS) is 23.7. The third kappa shape index (κ3) is 2.89. The zero-order valence-electron chi connectivity index (χ0n) is 13.1. The average Bonchev–Trinajstić information content (AvgIpc) is 3.30. The van der Waals surface area contributed by atoms with Crippen LogP contribution in [-0.4, -0.2) is 56.3 Å². The van der Waals surface area contributed by atoms with Crippen molar-refractivity contribution in [3.8, 4) is 0 Å². The molecule has 3 aliphatic rings. The minimum absolute atomic E-state index is 0.176. The Hall–Kier alpha value is -1.76. The second-order valence-corrected chi connectivity index (χ2v) is 6.98. The molecule has 0 aromatic carbocycles. The van der Waals surface area contributed by atoms with Gasteiger partial charge in [-0.3, -0.25) is 14.5 Å². The van der Waals surface area contributed by atoms with Crippen LogP contribution in [0.3, 0.4) is 0 Å². The molecule has 0 N–H and O–H groups in total. The van der Waals surface area contributed by atoms with Crippen molar-refractivity contribution < 1.29 is 4.79 Å². The molecule has 7 heteroatoms. The van der Waals surface area contributed by atoms with Crippen molar-refractivity contribution in [3.05, 3.63) is 29.6 Å². The van der Waals surface area contributed by atoms with Crippen LogP contribution in [0.25, 0.3) is 0 Å². The van der Waals surface area contributed by atoms with Gasteiger partial charge < -0.3 is 9.80 Å². The number of likely N-dealkylation sites (tertiary alicyclic amines) is 1. The molecule has 1 amide bonds. The smallest absolute Gasteiger partial charge is 0.271 e. The highest BCUT2D eigenvalue weighted by atomic mass is 32.2. The number of nitrogens with zero attached hydrogens (tertiary/aromatic N) is 5. The standard InChI is InChI=1S/C16H21N5OS/c22-15(14-12-23-16-17-7-11-21(14)16)20-9-2-1-4-13(20)5-10-19-8-3-6-18-19/h3,6,8,12-13H,1-2,4-5,7,9-11H2/t13-/m1/s1. The molecule has 1 saturated heterocycles. The number of aromatic nitrogens is 2. The van der Waals surface area contributed by atoms with E-state index in [2.05, 4.69) is 19.9 Å². The number of aryl methyl sites for hydroxylation is 1. The predicted octanol–water partition coefficient (Wildman–Crippen LogP) is 1.91. The third-order valence-corrected chi connectivity index (χ3v) is 5.63. The molecule has 1 aromatic heterocycles. The summed E-state index contributed by atoms with van der Waals surface area (Å²) < 4.78 is 1.95. The van der Waals surface area contributed by atoms with Crippen molar-refractivity contribution in [2.45, 2.75) is 38.3 Å². The second-order valence-electron chi connectivity index (χ2n) is 6.14. The lowest BCUT2D eigenvalue weighted by molar-refractivity contribution is -0.132. The summed E-state index contributed by atoms with van der Waals surface area (Å²) in [6.07, 6.45) is 8.16. The molecule has 0 unspecified atom stereocenters. The first kappa shape index (κ1) is 14.8. The number of piperidine rings is 1. The van der Waals surface area contributed by atoms with Crippen LogP contribution in [0.1, 0.15) is 25.7 Å². The number of carbonyl (C=O) groups excluding carboxylic acids is 1. The molecule has 23 heavy (non-hydrogen) atoms. The van der Waals surface area contributed by atoms with Crippen LogP contribution in [0.5, 0.6) is 0 Å². The molecular weight excluding hydrogens is 310 g/mol. The van der Waals surface area contributed by atoms with Gasteiger partial charge in [0.1, 0.15) is 5.70 Å². The van der Waals surface area contributed by atoms with Crippen molar-refractivity contribution in [2.75, 3.05) is 19.6 Å². The molecule has 0 bridgehead atoms. The SMILES string of the molecule is O=C(C1=CSC2=NCCN12)N1CCCC[C@@H]1CCn1cccn1. The van der Waals surface area contributed by atoms with Gasteiger partial charge in [-0.25, -0.2) is 0 Å². The van der Waals surface area contributed by atoms with E-state index >= 15 is 0 Å². The first-order chi connectivity index (χ1) is 11.3. The number of aliphatic imine (C=N–C) groups is 1. The second kappa shape index (κ2) is 6.39. The molecule has 1 aromatic rings. The van der Waals surface area contributed by atoms with E-state index in [1.165, 1.54) is 6.42 Å². The molecule has 122 valence electrons. The van der Waals surface area contributed by atoms with Crippen LogP contribution in [0.2, 0.25) is 0 Å². The Morgan fingerprint density at radius 2 is 2.30 bits per heavy atom. The highest BCUT2D eigenvalue weighted by molar-refractivity contribution is 8.16. The van der Waals surface area contributed by atoms with Crippen LogP contribution < -0.4 is 0 Å². The van der Waals surface area contributed by atoms with E-state index < -0.39 is 0 Å². The monoisotopic (exact) mass is 331 g/mol. The molecule has 4 rings (SSSR count). The maximum absolute atomic E-state index is 13.0. The summed E-state index contributed by atoms with van der Waals surface area (Å²) in [6, 6.07) is 2.26. The Morgan fingerprint density at radius 1 is 1.35 bits per heavy atom. The van der Waals surface area contributed by atoms with E-state index in [9.17, 15) is 4.79 Å². The fraction of sp³-hybridized carbons (Fsp3) is 0.562. The van der Waals surface area contributed by atoms with Crippen molar-refractivity contribution in [1.82, 2.24) is 19.6 Å². The molecule has 0 aliphatic carbocycles. The fourth-order valence-electron chi connectivity index (χ4n) is 3.52. The number of fused-ring (bicyclic) bond motifs is 1. The van der Waals surface area contributed by atoms with E-state index in [1.54, 1.807) is 18.0 Å². The Morgan fingerprint density at radius 3 is 3.17 bits per heavy atom. The van der Waals surface area contributed by atoms with Gasteiger partial charge in [0, 0.05) is 43.5 Å². The van der Waals surface area contributed by atoms with E-state index in [1.807, 2.05) is 22.4 Å². The van der Waals surface area contributed by atoms with Gasteiger partial charge in [-0.05, 0) is 31.7 Å². The summed E-state index contributed by atoms with van der Waals surface area (Å²) in [4.78, 5) is 21.6. The number of hydrogen-bond donors (Lipinski definition) is 0. The highest BCUT2D eigenvalue weighted by Crippen LogP contribution is 2.32. The lowest BCUT2D eigenvalue weighted by Gasteiger charge is -2.37. The molecule has 3 aliphatic heterocycles. The number of hydrogen-bond acceptors (Lipinski definition) is 5. The number of amides is 1. The maximum atomic E-state index is 13.0. The van der Waals surface area contributed by atoms with Gasteiger partial charge in [-0.15, -0.1) is 0 Å². The van der Waals surface area contributed by atoms with Crippen LogP contribution >= 0.6 is 11.8 Å². The van der Waals surface area contributed by atoms with E-state index in [-0.39, 0.29) is 5.91 Å². The van der Waals surface area contributed by atoms with E-state index in [4.69, 9.17) is 0 Å². The zero-order valence-corrected chi connectivity index (χ0v) is 13.9. The molecule has 6 nitrogen and oxygen atoms in total. The highest BCUT2D eigenvalue weighted by Gasteiger charge is 2.36. The zero-order chi connectivity index (χ0) is 15.6. The number of carbonyl (C=O) groups is 1. The van der Waals surface area contributed by atoms with Crippen LogP contribution in [0.4, 0.5) is 0 Å². The molecule has 1 fully saturated rings.